The maximum atomic E-state index is 12.9. The number of benzene rings is 1. The van der Waals surface area contributed by atoms with Crippen LogP contribution in [0.25, 0.3) is 5.69 Å². The molecule has 3 rings (SSSR count). The van der Waals surface area contributed by atoms with Gasteiger partial charge in [0, 0.05) is 16.9 Å². The van der Waals surface area contributed by atoms with Gasteiger partial charge in [0.2, 0.25) is 0 Å². The van der Waals surface area contributed by atoms with Crippen LogP contribution in [-0.2, 0) is 9.47 Å². The van der Waals surface area contributed by atoms with Gasteiger partial charge in [0.1, 0.15) is 15.4 Å². The van der Waals surface area contributed by atoms with Crippen molar-refractivity contribution in [3.63, 3.8) is 0 Å². The summed E-state index contributed by atoms with van der Waals surface area (Å²) in [6, 6.07) is 6.86. The van der Waals surface area contributed by atoms with E-state index in [1.54, 1.807) is 52.0 Å². The fraction of sp³-hybridized carbons (Fsp3) is 0.273. The Hall–Kier alpha value is -3.17. The van der Waals surface area contributed by atoms with Crippen molar-refractivity contribution >= 4 is 46.1 Å². The van der Waals surface area contributed by atoms with Crippen LogP contribution in [0, 0.1) is 13.8 Å². The number of ether oxygens (including phenoxy) is 2. The third-order valence-electron chi connectivity index (χ3n) is 4.56. The zero-order valence-corrected chi connectivity index (χ0v) is 19.6. The van der Waals surface area contributed by atoms with Gasteiger partial charge < -0.3 is 9.47 Å². The number of nitrogens with one attached hydrogen (secondary N) is 1. The number of aryl methyl sites for hydroxylation is 1. The van der Waals surface area contributed by atoms with Crippen molar-refractivity contribution in [1.29, 1.82) is 0 Å². The van der Waals surface area contributed by atoms with Crippen molar-refractivity contribution in [3.8, 4) is 5.69 Å². The Bertz CT molecular complexity index is 1250. The highest BCUT2D eigenvalue weighted by Gasteiger charge is 2.26. The van der Waals surface area contributed by atoms with Gasteiger partial charge >= 0.3 is 11.9 Å². The fourth-order valence-corrected chi connectivity index (χ4v) is 4.28. The highest BCUT2D eigenvalue weighted by Crippen LogP contribution is 2.36. The maximum Gasteiger partial charge on any atom is 0.348 e. The third kappa shape index (κ3) is 4.68. The second kappa shape index (κ2) is 9.97. The summed E-state index contributed by atoms with van der Waals surface area (Å²) in [7, 11) is 0. The predicted octanol–water partition coefficient (Wildman–Crippen LogP) is 4.60. The molecule has 0 radical (unpaired) electrons. The summed E-state index contributed by atoms with van der Waals surface area (Å²) in [5.41, 5.74) is 1.75. The number of carbonyl (C=O) groups excluding carboxylic acids is 2. The first kappa shape index (κ1) is 23.5. The van der Waals surface area contributed by atoms with Crippen molar-refractivity contribution in [1.82, 2.24) is 9.78 Å². The Morgan fingerprint density at radius 3 is 2.53 bits per heavy atom. The number of hydrogen-bond acceptors (Lipinski definition) is 7. The van der Waals surface area contributed by atoms with Crippen molar-refractivity contribution in [3.05, 3.63) is 66.9 Å². The van der Waals surface area contributed by atoms with Gasteiger partial charge in [0.25, 0.3) is 5.56 Å². The lowest BCUT2D eigenvalue weighted by atomic mass is 10.1. The molecule has 1 N–H and O–H groups in total. The second-order valence-electron chi connectivity index (χ2n) is 6.71. The van der Waals surface area contributed by atoms with E-state index in [4.69, 9.17) is 21.1 Å². The number of carbonyl (C=O) groups is 2. The molecule has 0 aliphatic heterocycles. The fourth-order valence-electron chi connectivity index (χ4n) is 3.06. The quantitative estimate of drug-likeness (QED) is 0.397. The number of nitrogens with zero attached hydrogens (tertiary/aromatic N) is 2. The average Bonchev–Trinajstić information content (AvgIpc) is 3.22. The van der Waals surface area contributed by atoms with Crippen LogP contribution in [0.2, 0.25) is 5.02 Å². The molecular weight excluding hydrogens is 454 g/mol. The summed E-state index contributed by atoms with van der Waals surface area (Å²) in [6.07, 6.45) is 1.37. The molecule has 0 atom stereocenters. The first-order valence-electron chi connectivity index (χ1n) is 9.87. The van der Waals surface area contributed by atoms with E-state index in [-0.39, 0.29) is 34.2 Å². The Morgan fingerprint density at radius 2 is 1.88 bits per heavy atom. The number of H-pyrrole nitrogens is 1. The number of aromatic amines is 1. The van der Waals surface area contributed by atoms with E-state index in [0.717, 1.165) is 11.3 Å². The van der Waals surface area contributed by atoms with Gasteiger partial charge in [0.15, 0.2) is 0 Å². The Balaban J connectivity index is 2.06. The van der Waals surface area contributed by atoms with Crippen LogP contribution >= 0.6 is 22.9 Å². The number of rotatable bonds is 7. The summed E-state index contributed by atoms with van der Waals surface area (Å²) < 4.78 is 11.6. The van der Waals surface area contributed by atoms with Gasteiger partial charge in [-0.25, -0.2) is 19.3 Å². The molecule has 0 amide bonds. The van der Waals surface area contributed by atoms with E-state index in [0.29, 0.717) is 27.5 Å². The van der Waals surface area contributed by atoms with Crippen LogP contribution in [0.1, 0.15) is 50.7 Å². The molecule has 32 heavy (non-hydrogen) atoms. The molecular formula is C22H22ClN3O5S. The molecule has 0 unspecified atom stereocenters. The average molecular weight is 476 g/mol. The molecule has 0 bridgehead atoms. The number of thiophene rings is 1. The molecule has 3 aromatic rings. The van der Waals surface area contributed by atoms with Gasteiger partial charge in [-0.1, -0.05) is 17.7 Å². The number of esters is 2. The summed E-state index contributed by atoms with van der Waals surface area (Å²) in [6.45, 7) is 7.14. The zero-order valence-electron chi connectivity index (χ0n) is 18.0. The summed E-state index contributed by atoms with van der Waals surface area (Å²) in [4.78, 5) is 42.4. The third-order valence-corrected chi connectivity index (χ3v) is 5.98. The number of aromatic nitrogens is 2. The normalized spacial score (nSPS) is 11.2. The number of hydrogen-bond donors (Lipinski definition) is 1. The summed E-state index contributed by atoms with van der Waals surface area (Å²) in [5.74, 6) is -1.13. The monoisotopic (exact) mass is 475 g/mol. The molecule has 8 nitrogen and oxygen atoms in total. The van der Waals surface area contributed by atoms with E-state index in [9.17, 15) is 14.4 Å². The van der Waals surface area contributed by atoms with Crippen LogP contribution in [0.5, 0.6) is 0 Å². The Labute approximate surface area is 193 Å². The number of aliphatic imine (C=N–C) groups is 1. The molecule has 10 heteroatoms. The summed E-state index contributed by atoms with van der Waals surface area (Å²) in [5, 5.41) is 3.75. The first-order valence-corrected chi connectivity index (χ1v) is 11.1. The van der Waals surface area contributed by atoms with E-state index in [1.807, 2.05) is 0 Å². The van der Waals surface area contributed by atoms with Crippen molar-refractivity contribution in [2.75, 3.05) is 13.2 Å². The largest absolute Gasteiger partial charge is 0.462 e. The SMILES string of the molecule is CCOC(=O)c1sc(N=Cc2c(C)[nH]n(-c3cccc(Cl)c3)c2=O)c(C(=O)OCC)c1C. The smallest absolute Gasteiger partial charge is 0.348 e. The van der Waals surface area contributed by atoms with Crippen molar-refractivity contribution in [2.24, 2.45) is 4.99 Å². The molecule has 0 aliphatic rings. The van der Waals surface area contributed by atoms with Crippen molar-refractivity contribution < 1.29 is 19.1 Å². The molecule has 0 saturated carbocycles. The van der Waals surface area contributed by atoms with Gasteiger partial charge in [0.05, 0.1) is 24.5 Å². The Kier molecular flexibility index (Phi) is 7.32. The van der Waals surface area contributed by atoms with Crippen LogP contribution in [0.3, 0.4) is 0 Å². The lowest BCUT2D eigenvalue weighted by Crippen LogP contribution is -2.17. The lowest BCUT2D eigenvalue weighted by molar-refractivity contribution is 0.0527. The second-order valence-corrected chi connectivity index (χ2v) is 8.14. The van der Waals surface area contributed by atoms with Gasteiger partial charge in [-0.05, 0) is 51.5 Å². The molecule has 0 saturated heterocycles. The highest BCUT2D eigenvalue weighted by molar-refractivity contribution is 7.18. The Morgan fingerprint density at radius 1 is 1.19 bits per heavy atom. The van der Waals surface area contributed by atoms with Gasteiger partial charge in [-0.2, -0.15) is 0 Å². The highest BCUT2D eigenvalue weighted by atomic mass is 35.5. The van der Waals surface area contributed by atoms with E-state index >= 15 is 0 Å². The molecule has 0 spiro atoms. The molecule has 0 aliphatic carbocycles. The van der Waals surface area contributed by atoms with Crippen LogP contribution in [0.4, 0.5) is 5.00 Å². The lowest BCUT2D eigenvalue weighted by Gasteiger charge is -2.03. The summed E-state index contributed by atoms with van der Waals surface area (Å²) >= 11 is 7.05. The maximum absolute atomic E-state index is 12.9. The van der Waals surface area contributed by atoms with Crippen LogP contribution in [-0.4, -0.2) is 41.1 Å². The minimum atomic E-state index is -0.592. The first-order chi connectivity index (χ1) is 15.3. The number of halogens is 1. The predicted molar refractivity (Wildman–Crippen MR) is 124 cm³/mol. The van der Waals surface area contributed by atoms with E-state index in [1.165, 1.54) is 10.9 Å². The van der Waals surface area contributed by atoms with Gasteiger partial charge in [-0.15, -0.1) is 11.3 Å². The van der Waals surface area contributed by atoms with Gasteiger partial charge in [-0.3, -0.25) is 9.89 Å². The molecule has 0 fully saturated rings. The minimum Gasteiger partial charge on any atom is -0.462 e. The molecule has 168 valence electrons. The van der Waals surface area contributed by atoms with Crippen LogP contribution < -0.4 is 5.56 Å². The van der Waals surface area contributed by atoms with Crippen molar-refractivity contribution in [2.45, 2.75) is 27.7 Å². The molecule has 1 aromatic carbocycles. The van der Waals surface area contributed by atoms with Crippen LogP contribution in [0.15, 0.2) is 34.1 Å². The molecule has 2 aromatic heterocycles. The van der Waals surface area contributed by atoms with E-state index < -0.39 is 11.9 Å². The minimum absolute atomic E-state index is 0.174. The zero-order chi connectivity index (χ0) is 23.4. The standard InChI is InChI=1S/C22H22ClN3O5S/c1-5-30-21(28)17-12(3)18(22(29)31-6-2)32-19(17)24-11-16-13(4)25-26(20(16)27)15-9-7-8-14(23)10-15/h7-11,25H,5-6H2,1-4H3. The topological polar surface area (TPSA) is 103 Å². The van der Waals surface area contributed by atoms with E-state index in [2.05, 4.69) is 10.1 Å². The molecule has 2 heterocycles.